The van der Waals surface area contributed by atoms with E-state index in [2.05, 4.69) is 21.4 Å². The first-order valence-electron chi connectivity index (χ1n) is 8.16. The number of fused-ring (bicyclic) bond motifs is 1. The van der Waals surface area contributed by atoms with Gasteiger partial charge in [-0.3, -0.25) is 4.79 Å². The lowest BCUT2D eigenvalue weighted by Gasteiger charge is -2.06. The van der Waals surface area contributed by atoms with Gasteiger partial charge in [0, 0.05) is 5.56 Å². The molecule has 6 heteroatoms. The zero-order chi connectivity index (χ0) is 17.1. The fraction of sp³-hybridized carbons (Fsp3) is 0.158. The Hall–Kier alpha value is -2.96. The van der Waals surface area contributed by atoms with Crippen LogP contribution in [-0.4, -0.2) is 18.2 Å². The fourth-order valence-electron chi connectivity index (χ4n) is 3.01. The van der Waals surface area contributed by atoms with Gasteiger partial charge in [0.2, 0.25) is 0 Å². The van der Waals surface area contributed by atoms with Gasteiger partial charge in [-0.25, -0.2) is 16.3 Å². The van der Waals surface area contributed by atoms with Crippen LogP contribution in [0.25, 0.3) is 10.8 Å². The van der Waals surface area contributed by atoms with Gasteiger partial charge in [-0.05, 0) is 29.3 Å². The third-order valence-corrected chi connectivity index (χ3v) is 4.31. The molecule has 6 nitrogen and oxygen atoms in total. The molecule has 3 N–H and O–H groups in total. The molecule has 1 fully saturated rings. The van der Waals surface area contributed by atoms with Crippen molar-refractivity contribution in [1.29, 1.82) is 0 Å². The van der Waals surface area contributed by atoms with Crippen LogP contribution < -0.4 is 16.3 Å². The first kappa shape index (κ1) is 15.6. The second kappa shape index (κ2) is 6.88. The Morgan fingerprint density at radius 1 is 1.12 bits per heavy atom. The van der Waals surface area contributed by atoms with Crippen LogP contribution in [0.1, 0.15) is 23.8 Å². The third-order valence-electron chi connectivity index (χ3n) is 4.31. The molecule has 2 unspecified atom stereocenters. The lowest BCUT2D eigenvalue weighted by atomic mass is 10.1. The van der Waals surface area contributed by atoms with E-state index in [9.17, 15) is 4.79 Å². The average Bonchev–Trinajstić information content (AvgIpc) is 3.33. The second-order valence-electron chi connectivity index (χ2n) is 5.95. The third kappa shape index (κ3) is 3.31. The van der Waals surface area contributed by atoms with Gasteiger partial charge in [-0.1, -0.05) is 42.5 Å². The molecule has 1 saturated heterocycles. The van der Waals surface area contributed by atoms with E-state index >= 15 is 0 Å². The average molecular weight is 334 g/mol. The Morgan fingerprint density at radius 3 is 2.88 bits per heavy atom. The van der Waals surface area contributed by atoms with Crippen molar-refractivity contribution in [2.45, 2.75) is 18.5 Å². The summed E-state index contributed by atoms with van der Waals surface area (Å²) in [6.45, 7) is 0. The molecule has 0 radical (unpaired) electrons. The Bertz CT molecular complexity index is 899. The molecule has 1 aliphatic heterocycles. The Morgan fingerprint density at radius 2 is 2.00 bits per heavy atom. The summed E-state index contributed by atoms with van der Waals surface area (Å²) < 4.78 is 5.36. The highest BCUT2D eigenvalue weighted by molar-refractivity contribution is 6.00. The number of carbonyl (C=O) groups excluding carboxylic acids is 1. The number of hydrogen-bond donors (Lipinski definition) is 3. The lowest BCUT2D eigenvalue weighted by Crippen LogP contribution is -2.41. The largest absolute Gasteiger partial charge is 0.468 e. The van der Waals surface area contributed by atoms with Crippen molar-refractivity contribution < 1.29 is 9.21 Å². The van der Waals surface area contributed by atoms with Crippen molar-refractivity contribution in [2.75, 3.05) is 0 Å². The molecular formula is C19H18N4O2. The van der Waals surface area contributed by atoms with Crippen molar-refractivity contribution in [2.24, 2.45) is 5.10 Å². The number of hydrazone groups is 1. The highest BCUT2D eigenvalue weighted by Gasteiger charge is 2.31. The van der Waals surface area contributed by atoms with Gasteiger partial charge in [0.1, 0.15) is 11.8 Å². The van der Waals surface area contributed by atoms with Gasteiger partial charge >= 0.3 is 0 Å². The summed E-state index contributed by atoms with van der Waals surface area (Å²) in [6.07, 6.45) is 3.90. The zero-order valence-corrected chi connectivity index (χ0v) is 13.5. The summed E-state index contributed by atoms with van der Waals surface area (Å²) in [5.74, 6) is 0.625. The van der Waals surface area contributed by atoms with Crippen LogP contribution in [0.4, 0.5) is 0 Å². The van der Waals surface area contributed by atoms with Crippen molar-refractivity contribution >= 4 is 22.9 Å². The molecule has 4 rings (SSSR count). The van der Waals surface area contributed by atoms with Gasteiger partial charge in [-0.15, -0.1) is 0 Å². The first-order valence-corrected chi connectivity index (χ1v) is 8.16. The summed E-state index contributed by atoms with van der Waals surface area (Å²) >= 11 is 0. The molecular weight excluding hydrogens is 316 g/mol. The van der Waals surface area contributed by atoms with Gasteiger partial charge in [0.05, 0.1) is 18.5 Å². The predicted molar refractivity (Wildman–Crippen MR) is 95.8 cm³/mol. The zero-order valence-electron chi connectivity index (χ0n) is 13.5. The topological polar surface area (TPSA) is 78.7 Å². The summed E-state index contributed by atoms with van der Waals surface area (Å²) in [5.41, 5.74) is 9.61. The number of amides is 1. The summed E-state index contributed by atoms with van der Waals surface area (Å²) in [5, 5.41) is 6.35. The van der Waals surface area contributed by atoms with Crippen molar-refractivity contribution in [3.8, 4) is 0 Å². The first-order chi connectivity index (χ1) is 12.3. The maximum absolute atomic E-state index is 12.3. The molecule has 126 valence electrons. The van der Waals surface area contributed by atoms with Crippen LogP contribution in [-0.2, 0) is 4.79 Å². The van der Waals surface area contributed by atoms with Crippen molar-refractivity contribution in [3.63, 3.8) is 0 Å². The van der Waals surface area contributed by atoms with Gasteiger partial charge in [-0.2, -0.15) is 5.10 Å². The van der Waals surface area contributed by atoms with E-state index in [0.717, 1.165) is 22.1 Å². The van der Waals surface area contributed by atoms with Crippen LogP contribution in [0.3, 0.4) is 0 Å². The van der Waals surface area contributed by atoms with E-state index < -0.39 is 0 Å². The monoisotopic (exact) mass is 334 g/mol. The molecule has 2 heterocycles. The summed E-state index contributed by atoms with van der Waals surface area (Å²) in [6, 6.07) is 17.4. The molecule has 1 aliphatic rings. The van der Waals surface area contributed by atoms with Crippen molar-refractivity contribution in [3.05, 3.63) is 72.2 Å². The van der Waals surface area contributed by atoms with Gasteiger partial charge in [0.25, 0.3) is 5.91 Å². The van der Waals surface area contributed by atoms with E-state index in [0.29, 0.717) is 6.42 Å². The quantitative estimate of drug-likeness (QED) is 0.506. The van der Waals surface area contributed by atoms with Crippen LogP contribution >= 0.6 is 0 Å². The van der Waals surface area contributed by atoms with Gasteiger partial charge in [0.15, 0.2) is 0 Å². The fourth-order valence-corrected chi connectivity index (χ4v) is 3.01. The predicted octanol–water partition coefficient (Wildman–Crippen LogP) is 2.49. The van der Waals surface area contributed by atoms with Crippen LogP contribution in [0, 0.1) is 0 Å². The molecule has 2 atom stereocenters. The summed E-state index contributed by atoms with van der Waals surface area (Å²) in [4.78, 5) is 12.3. The minimum Gasteiger partial charge on any atom is -0.468 e. The standard InChI is InChI=1S/C19H18N4O2/c24-19(17-11-16(21-22-17)18-9-4-10-25-18)23-20-12-14-7-3-6-13-5-1-2-8-15(13)14/h1-10,12,16-17,21-22H,11H2,(H,23,24)/b20-12+. The molecule has 0 aliphatic carbocycles. The van der Waals surface area contributed by atoms with Crippen LogP contribution in [0.2, 0.25) is 0 Å². The molecule has 1 aromatic heterocycles. The Labute approximate surface area is 144 Å². The minimum atomic E-state index is -0.361. The Balaban J connectivity index is 1.39. The highest BCUT2D eigenvalue weighted by Crippen LogP contribution is 2.22. The summed E-state index contributed by atoms with van der Waals surface area (Å²) in [7, 11) is 0. The number of hydrazine groups is 1. The van der Waals surface area contributed by atoms with Crippen LogP contribution in [0.15, 0.2) is 70.4 Å². The number of rotatable bonds is 4. The lowest BCUT2D eigenvalue weighted by molar-refractivity contribution is -0.122. The smallest absolute Gasteiger partial charge is 0.258 e. The van der Waals surface area contributed by atoms with E-state index in [1.54, 1.807) is 12.5 Å². The van der Waals surface area contributed by atoms with Crippen molar-refractivity contribution in [1.82, 2.24) is 16.3 Å². The molecule has 0 bridgehead atoms. The molecule has 25 heavy (non-hydrogen) atoms. The highest BCUT2D eigenvalue weighted by atomic mass is 16.3. The van der Waals surface area contributed by atoms with Gasteiger partial charge < -0.3 is 4.42 Å². The molecule has 0 saturated carbocycles. The Kier molecular flexibility index (Phi) is 4.28. The van der Waals surface area contributed by atoms with Crippen LogP contribution in [0.5, 0.6) is 0 Å². The number of furan rings is 1. The second-order valence-corrected chi connectivity index (χ2v) is 5.95. The number of carbonyl (C=O) groups is 1. The molecule has 2 aromatic carbocycles. The van der Waals surface area contributed by atoms with E-state index in [-0.39, 0.29) is 18.0 Å². The van der Waals surface area contributed by atoms with E-state index in [1.807, 2.05) is 54.6 Å². The molecule has 0 spiro atoms. The minimum absolute atomic E-state index is 0.0206. The number of hydrogen-bond acceptors (Lipinski definition) is 5. The maximum atomic E-state index is 12.3. The molecule has 1 amide bonds. The number of nitrogens with zero attached hydrogens (tertiary/aromatic N) is 1. The SMILES string of the molecule is O=C(N/N=C/c1cccc2ccccc12)C1CC(c2ccco2)NN1. The number of benzene rings is 2. The molecule has 3 aromatic rings. The number of nitrogens with one attached hydrogen (secondary N) is 3. The van der Waals surface area contributed by atoms with E-state index in [1.165, 1.54) is 0 Å². The maximum Gasteiger partial charge on any atom is 0.258 e. The normalized spacial score (nSPS) is 20.3. The van der Waals surface area contributed by atoms with E-state index in [4.69, 9.17) is 4.42 Å².